The third-order valence-corrected chi connectivity index (χ3v) is 4.82. The number of para-hydroxylation sites is 1. The van der Waals surface area contributed by atoms with Gasteiger partial charge in [-0.3, -0.25) is 9.59 Å². The third-order valence-electron chi connectivity index (χ3n) is 3.86. The van der Waals surface area contributed by atoms with Crippen LogP contribution in [-0.2, 0) is 9.59 Å². The molecular weight excluding hydrogens is 286 g/mol. The summed E-state index contributed by atoms with van der Waals surface area (Å²) >= 11 is 1.67. The number of carbonyl (C=O) groups excluding carboxylic acids is 1. The first kappa shape index (κ1) is 15.9. The maximum absolute atomic E-state index is 12.5. The summed E-state index contributed by atoms with van der Waals surface area (Å²) in [4.78, 5) is 24.8. The minimum atomic E-state index is -0.855. The van der Waals surface area contributed by atoms with Gasteiger partial charge in [0.1, 0.15) is 0 Å². The van der Waals surface area contributed by atoms with Crippen LogP contribution in [0.5, 0.6) is 0 Å². The number of amides is 1. The van der Waals surface area contributed by atoms with Crippen molar-refractivity contribution in [1.29, 1.82) is 0 Å². The molecular formula is C16H21NO3S. The summed E-state index contributed by atoms with van der Waals surface area (Å²) in [6, 6.07) is 7.66. The highest BCUT2D eigenvalue weighted by Gasteiger charge is 2.35. The molecule has 1 saturated carbocycles. The van der Waals surface area contributed by atoms with E-state index < -0.39 is 17.8 Å². The lowest BCUT2D eigenvalue weighted by Gasteiger charge is -2.27. The highest BCUT2D eigenvalue weighted by atomic mass is 32.2. The monoisotopic (exact) mass is 307 g/mol. The molecule has 1 amide bonds. The fourth-order valence-corrected chi connectivity index (χ4v) is 3.58. The second-order valence-corrected chi connectivity index (χ2v) is 6.56. The minimum absolute atomic E-state index is 0.161. The van der Waals surface area contributed by atoms with Crippen LogP contribution in [0.2, 0.25) is 0 Å². The first-order chi connectivity index (χ1) is 10.1. The Hall–Kier alpha value is -1.49. The number of carboxylic acids is 1. The van der Waals surface area contributed by atoms with Crippen molar-refractivity contribution in [3.63, 3.8) is 0 Å². The maximum Gasteiger partial charge on any atom is 0.307 e. The number of benzene rings is 1. The molecule has 1 aliphatic carbocycles. The third kappa shape index (κ3) is 4.00. The van der Waals surface area contributed by atoms with Crippen molar-refractivity contribution in [2.24, 2.45) is 11.8 Å². The number of thioether (sulfide) groups is 1. The summed E-state index contributed by atoms with van der Waals surface area (Å²) in [7, 11) is 0. The van der Waals surface area contributed by atoms with Crippen molar-refractivity contribution in [3.05, 3.63) is 24.3 Å². The first-order valence-electron chi connectivity index (χ1n) is 7.39. The Balaban J connectivity index is 2.11. The van der Waals surface area contributed by atoms with Crippen molar-refractivity contribution in [2.45, 2.75) is 37.5 Å². The van der Waals surface area contributed by atoms with Crippen molar-refractivity contribution >= 4 is 29.3 Å². The van der Waals surface area contributed by atoms with Gasteiger partial charge in [0.2, 0.25) is 5.91 Å². The predicted octanol–water partition coefficient (Wildman–Crippen LogP) is 3.63. The van der Waals surface area contributed by atoms with Crippen LogP contribution in [0.3, 0.4) is 0 Å². The van der Waals surface area contributed by atoms with Crippen LogP contribution in [-0.4, -0.2) is 22.7 Å². The van der Waals surface area contributed by atoms with E-state index in [2.05, 4.69) is 12.2 Å². The molecule has 5 heteroatoms. The van der Waals surface area contributed by atoms with Gasteiger partial charge in [-0.15, -0.1) is 11.8 Å². The van der Waals surface area contributed by atoms with Crippen LogP contribution in [0, 0.1) is 11.8 Å². The van der Waals surface area contributed by atoms with Gasteiger partial charge in [0.05, 0.1) is 17.5 Å². The molecule has 0 saturated heterocycles. The van der Waals surface area contributed by atoms with Gasteiger partial charge in [0.15, 0.2) is 0 Å². The number of aliphatic carboxylic acids is 1. The normalized spacial score (nSPS) is 21.8. The average molecular weight is 307 g/mol. The summed E-state index contributed by atoms with van der Waals surface area (Å²) < 4.78 is 0. The Labute approximate surface area is 129 Å². The largest absolute Gasteiger partial charge is 0.481 e. The zero-order chi connectivity index (χ0) is 15.2. The standard InChI is InChI=1S/C16H21NO3S/c1-2-21-14-10-6-5-9-13(14)17-15(18)11-7-3-4-8-12(11)16(19)20/h5-6,9-12H,2-4,7-8H2,1H3,(H,17,18)(H,19,20). The van der Waals surface area contributed by atoms with Crippen molar-refractivity contribution < 1.29 is 14.7 Å². The highest BCUT2D eigenvalue weighted by Crippen LogP contribution is 2.33. The Morgan fingerprint density at radius 3 is 2.57 bits per heavy atom. The van der Waals surface area contributed by atoms with Crippen LogP contribution in [0.1, 0.15) is 32.6 Å². The van der Waals surface area contributed by atoms with Crippen LogP contribution in [0.4, 0.5) is 5.69 Å². The lowest BCUT2D eigenvalue weighted by Crippen LogP contribution is -2.36. The fourth-order valence-electron chi connectivity index (χ4n) is 2.82. The molecule has 21 heavy (non-hydrogen) atoms. The van der Waals surface area contributed by atoms with E-state index in [0.717, 1.165) is 29.2 Å². The zero-order valence-electron chi connectivity index (χ0n) is 12.2. The molecule has 0 aromatic heterocycles. The van der Waals surface area contributed by atoms with Gasteiger partial charge in [-0.1, -0.05) is 31.9 Å². The van der Waals surface area contributed by atoms with Crippen LogP contribution in [0.15, 0.2) is 29.2 Å². The summed E-state index contributed by atoms with van der Waals surface area (Å²) in [6.07, 6.45) is 3.07. The number of anilines is 1. The topological polar surface area (TPSA) is 66.4 Å². The number of rotatable bonds is 5. The van der Waals surface area contributed by atoms with E-state index in [0.29, 0.717) is 12.8 Å². The number of nitrogens with one attached hydrogen (secondary N) is 1. The second-order valence-electron chi connectivity index (χ2n) is 5.25. The molecule has 0 heterocycles. The Kier molecular flexibility index (Phi) is 5.67. The lowest BCUT2D eigenvalue weighted by molar-refractivity contribution is -0.147. The number of carbonyl (C=O) groups is 2. The van der Waals surface area contributed by atoms with E-state index in [1.165, 1.54) is 0 Å². The lowest BCUT2D eigenvalue weighted by atomic mass is 9.78. The molecule has 0 spiro atoms. The van der Waals surface area contributed by atoms with Gasteiger partial charge in [0.25, 0.3) is 0 Å². The Morgan fingerprint density at radius 1 is 1.24 bits per heavy atom. The Bertz CT molecular complexity index is 518. The molecule has 0 bridgehead atoms. The predicted molar refractivity (Wildman–Crippen MR) is 84.6 cm³/mol. The molecule has 4 nitrogen and oxygen atoms in total. The first-order valence-corrected chi connectivity index (χ1v) is 8.37. The minimum Gasteiger partial charge on any atom is -0.481 e. The van der Waals surface area contributed by atoms with Crippen LogP contribution >= 0.6 is 11.8 Å². The van der Waals surface area contributed by atoms with Crippen molar-refractivity contribution in [1.82, 2.24) is 0 Å². The molecule has 1 aromatic rings. The van der Waals surface area contributed by atoms with Gasteiger partial charge in [-0.2, -0.15) is 0 Å². The van der Waals surface area contributed by atoms with E-state index in [9.17, 15) is 14.7 Å². The quantitative estimate of drug-likeness (QED) is 0.815. The molecule has 2 unspecified atom stereocenters. The smallest absolute Gasteiger partial charge is 0.307 e. The second kappa shape index (κ2) is 7.50. The van der Waals surface area contributed by atoms with Gasteiger partial charge >= 0.3 is 5.97 Å². The van der Waals surface area contributed by atoms with E-state index in [4.69, 9.17) is 0 Å². The summed E-state index contributed by atoms with van der Waals surface area (Å²) in [5.74, 6) is -1.06. The van der Waals surface area contributed by atoms with Crippen molar-refractivity contribution in [3.8, 4) is 0 Å². The van der Waals surface area contributed by atoms with Crippen molar-refractivity contribution in [2.75, 3.05) is 11.1 Å². The Morgan fingerprint density at radius 2 is 1.90 bits per heavy atom. The van der Waals surface area contributed by atoms with Gasteiger partial charge in [-0.05, 0) is 30.7 Å². The molecule has 2 rings (SSSR count). The number of hydrogen-bond acceptors (Lipinski definition) is 3. The summed E-state index contributed by atoms with van der Waals surface area (Å²) in [5, 5.41) is 12.2. The van der Waals surface area contributed by atoms with Crippen LogP contribution in [0.25, 0.3) is 0 Å². The molecule has 1 aliphatic rings. The summed E-state index contributed by atoms with van der Waals surface area (Å²) in [5.41, 5.74) is 0.782. The molecule has 114 valence electrons. The van der Waals surface area contributed by atoms with Crippen LogP contribution < -0.4 is 5.32 Å². The number of carboxylic acid groups (broad SMARTS) is 1. The molecule has 1 aromatic carbocycles. The molecule has 1 fully saturated rings. The SMILES string of the molecule is CCSc1ccccc1NC(=O)C1CCCCC1C(=O)O. The summed E-state index contributed by atoms with van der Waals surface area (Å²) in [6.45, 7) is 2.06. The van der Waals surface area contributed by atoms with E-state index in [1.54, 1.807) is 11.8 Å². The maximum atomic E-state index is 12.5. The zero-order valence-corrected chi connectivity index (χ0v) is 13.0. The molecule has 0 radical (unpaired) electrons. The number of hydrogen-bond donors (Lipinski definition) is 2. The van der Waals surface area contributed by atoms with Gasteiger partial charge in [0, 0.05) is 4.90 Å². The fraction of sp³-hybridized carbons (Fsp3) is 0.500. The molecule has 0 aliphatic heterocycles. The van der Waals surface area contributed by atoms with E-state index in [-0.39, 0.29) is 5.91 Å². The highest BCUT2D eigenvalue weighted by molar-refractivity contribution is 7.99. The van der Waals surface area contributed by atoms with Gasteiger partial charge < -0.3 is 10.4 Å². The van der Waals surface area contributed by atoms with E-state index in [1.807, 2.05) is 24.3 Å². The molecule has 2 N–H and O–H groups in total. The average Bonchev–Trinajstić information content (AvgIpc) is 2.49. The molecule has 2 atom stereocenters. The van der Waals surface area contributed by atoms with E-state index >= 15 is 0 Å². The van der Waals surface area contributed by atoms with Gasteiger partial charge in [-0.25, -0.2) is 0 Å².